The van der Waals surface area contributed by atoms with Crippen LogP contribution in [0.4, 0.5) is 36.4 Å². The molecular weight excluding hydrogens is 685 g/mol. The van der Waals surface area contributed by atoms with E-state index in [-0.39, 0.29) is 29.6 Å². The largest absolute Gasteiger partial charge is 0.480 e. The van der Waals surface area contributed by atoms with Gasteiger partial charge in [-0.05, 0) is 73.4 Å². The zero-order valence-corrected chi connectivity index (χ0v) is 26.6. The summed E-state index contributed by atoms with van der Waals surface area (Å²) in [5, 5.41) is 20.8. The van der Waals surface area contributed by atoms with Crippen molar-refractivity contribution in [2.75, 3.05) is 22.6 Å². The molecule has 18 heteroatoms. The molecule has 1 atom stereocenters. The molecular formula is C32H28ClF3N8O6. The van der Waals surface area contributed by atoms with Crippen LogP contribution in [0.5, 0.6) is 6.01 Å². The second-order valence-electron chi connectivity index (χ2n) is 11.1. The Labute approximate surface area is 286 Å². The summed E-state index contributed by atoms with van der Waals surface area (Å²) in [5.41, 5.74) is 0.974. The monoisotopic (exact) mass is 712 g/mol. The summed E-state index contributed by atoms with van der Waals surface area (Å²) in [4.78, 5) is 65.1. The molecule has 0 unspecified atom stereocenters. The summed E-state index contributed by atoms with van der Waals surface area (Å²) < 4.78 is 43.5. The van der Waals surface area contributed by atoms with Crippen molar-refractivity contribution in [3.8, 4) is 6.01 Å². The molecule has 0 bridgehead atoms. The Bertz CT molecular complexity index is 1860. The summed E-state index contributed by atoms with van der Waals surface area (Å²) in [6, 6.07) is 13.7. The molecule has 0 aliphatic heterocycles. The Kier molecular flexibility index (Phi) is 10.7. The average Bonchev–Trinajstić information content (AvgIpc) is 3.86. The van der Waals surface area contributed by atoms with E-state index < -0.39 is 60.4 Å². The number of halogens is 4. The molecule has 50 heavy (non-hydrogen) atoms. The Morgan fingerprint density at radius 1 is 0.940 bits per heavy atom. The first-order valence-electron chi connectivity index (χ1n) is 14.9. The number of benzene rings is 2. The average molecular weight is 713 g/mol. The number of carboxylic acid groups (broad SMARTS) is 1. The third kappa shape index (κ3) is 9.85. The van der Waals surface area contributed by atoms with Crippen molar-refractivity contribution in [3.05, 3.63) is 89.2 Å². The zero-order valence-electron chi connectivity index (χ0n) is 25.8. The number of amides is 2. The summed E-state index contributed by atoms with van der Waals surface area (Å²) in [5.74, 6) is -4.23. The number of alkyl halides is 3. The minimum absolute atomic E-state index is 0.0455. The number of pyridine rings is 1. The lowest BCUT2D eigenvalue weighted by molar-refractivity contribution is -0.154. The minimum Gasteiger partial charge on any atom is -0.480 e. The van der Waals surface area contributed by atoms with E-state index in [9.17, 15) is 37.5 Å². The number of hydrogen-bond donors (Lipinski definition) is 5. The van der Waals surface area contributed by atoms with Crippen LogP contribution < -0.4 is 26.0 Å². The number of nitrogens with zero attached hydrogens (tertiary/aromatic N) is 4. The number of carboxylic acids is 1. The van der Waals surface area contributed by atoms with E-state index >= 15 is 0 Å². The fourth-order valence-corrected chi connectivity index (χ4v) is 4.76. The van der Waals surface area contributed by atoms with Gasteiger partial charge >= 0.3 is 18.2 Å². The minimum atomic E-state index is -4.64. The van der Waals surface area contributed by atoms with Crippen molar-refractivity contribution >= 4 is 58.4 Å². The molecule has 2 amide bonds. The lowest BCUT2D eigenvalue weighted by atomic mass is 10.1. The Hall–Kier alpha value is -5.84. The third-order valence-electron chi connectivity index (χ3n) is 7.32. The number of hydrogen-bond acceptors (Lipinski definition) is 11. The van der Waals surface area contributed by atoms with E-state index in [2.05, 4.69) is 41.2 Å². The number of rotatable bonds is 15. The molecule has 0 radical (unpaired) electrons. The van der Waals surface area contributed by atoms with Crippen LogP contribution in [0.2, 0.25) is 5.02 Å². The molecule has 1 fully saturated rings. The Morgan fingerprint density at radius 3 is 2.26 bits per heavy atom. The normalized spacial score (nSPS) is 13.8. The van der Waals surface area contributed by atoms with Gasteiger partial charge in [-0.2, -0.15) is 28.1 Å². The number of Topliss-reactive ketones (excluding diaryl/α,β-unsaturated/α-hetero) is 1. The molecule has 1 aliphatic rings. The number of aliphatic carboxylic acids is 1. The molecule has 2 aromatic carbocycles. The first-order chi connectivity index (χ1) is 23.8. The summed E-state index contributed by atoms with van der Waals surface area (Å²) in [6.07, 6.45) is -1.23. The van der Waals surface area contributed by atoms with E-state index in [0.29, 0.717) is 23.6 Å². The van der Waals surface area contributed by atoms with Crippen molar-refractivity contribution in [2.24, 2.45) is 0 Å². The molecule has 5 rings (SSSR count). The van der Waals surface area contributed by atoms with E-state index in [0.717, 1.165) is 5.56 Å². The molecule has 2 heterocycles. The van der Waals surface area contributed by atoms with Crippen LogP contribution in [0.3, 0.4) is 0 Å². The van der Waals surface area contributed by atoms with Crippen LogP contribution in [0, 0.1) is 0 Å². The quantitative estimate of drug-likeness (QED) is 0.105. The van der Waals surface area contributed by atoms with Gasteiger partial charge in [0.15, 0.2) is 6.61 Å². The van der Waals surface area contributed by atoms with Gasteiger partial charge in [-0.25, -0.2) is 4.79 Å². The Balaban J connectivity index is 1.23. The summed E-state index contributed by atoms with van der Waals surface area (Å²) in [7, 11) is 0. The molecule has 1 aliphatic carbocycles. The molecule has 2 aromatic heterocycles. The highest BCUT2D eigenvalue weighted by Gasteiger charge is 2.45. The van der Waals surface area contributed by atoms with E-state index in [1.54, 1.807) is 18.2 Å². The summed E-state index contributed by atoms with van der Waals surface area (Å²) >= 11 is 6.01. The van der Waals surface area contributed by atoms with E-state index in [4.69, 9.17) is 16.3 Å². The standard InChI is InChI=1S/C32H28ClF3N8O6/c33-20-7-5-19(6-8-20)31(13-14-31)44-29-41-28(42-30(43-29)50-17-32(34,35)36)39-21-9-3-18(4-10-21)25(46)40-23(27(48)49)11-12-24(45)26(47)38-22-2-1-15-37-16-22/h1-10,15-16,23H,11-14,17H2,(H,38,47)(H,40,46)(H,48,49)(H2,39,41,42,43,44)/t23-/m0/s1. The maximum absolute atomic E-state index is 12.9. The molecule has 260 valence electrons. The maximum atomic E-state index is 12.9. The van der Waals surface area contributed by atoms with Gasteiger partial charge in [0.2, 0.25) is 17.7 Å². The highest BCUT2D eigenvalue weighted by atomic mass is 35.5. The van der Waals surface area contributed by atoms with Crippen molar-refractivity contribution in [1.82, 2.24) is 25.3 Å². The van der Waals surface area contributed by atoms with Crippen molar-refractivity contribution in [2.45, 2.75) is 43.4 Å². The van der Waals surface area contributed by atoms with Gasteiger partial charge in [0.05, 0.1) is 17.4 Å². The number of ether oxygens (including phenoxy) is 1. The summed E-state index contributed by atoms with van der Waals surface area (Å²) in [6.45, 7) is -1.63. The highest BCUT2D eigenvalue weighted by molar-refractivity contribution is 6.40. The van der Waals surface area contributed by atoms with Crippen LogP contribution in [0.25, 0.3) is 0 Å². The topological polar surface area (TPSA) is 197 Å². The van der Waals surface area contributed by atoms with Crippen molar-refractivity contribution in [3.63, 3.8) is 0 Å². The maximum Gasteiger partial charge on any atom is 0.422 e. The lowest BCUT2D eigenvalue weighted by Gasteiger charge is -2.19. The fourth-order valence-electron chi connectivity index (χ4n) is 4.63. The molecule has 1 saturated carbocycles. The number of nitrogens with one attached hydrogen (secondary N) is 4. The second kappa shape index (κ2) is 15.1. The third-order valence-corrected chi connectivity index (χ3v) is 7.57. The highest BCUT2D eigenvalue weighted by Crippen LogP contribution is 2.48. The molecule has 0 saturated heterocycles. The fraction of sp³-hybridized carbons (Fsp3) is 0.250. The van der Waals surface area contributed by atoms with Crippen LogP contribution in [0.1, 0.15) is 41.6 Å². The van der Waals surface area contributed by atoms with E-state index in [1.807, 2.05) is 12.1 Å². The SMILES string of the molecule is O=C(CC[C@H](NC(=O)c1ccc(Nc2nc(NC3(c4ccc(Cl)cc4)CC3)nc(OCC(F)(F)F)n2)cc1)C(=O)O)C(=O)Nc1cccnc1. The van der Waals surface area contributed by atoms with Gasteiger partial charge in [-0.3, -0.25) is 19.4 Å². The van der Waals surface area contributed by atoms with E-state index in [1.165, 1.54) is 42.7 Å². The van der Waals surface area contributed by atoms with Gasteiger partial charge in [0, 0.05) is 28.9 Å². The second-order valence-corrected chi connectivity index (χ2v) is 11.5. The van der Waals surface area contributed by atoms with Crippen molar-refractivity contribution < 1.29 is 42.2 Å². The predicted molar refractivity (Wildman–Crippen MR) is 173 cm³/mol. The molecule has 5 N–H and O–H groups in total. The van der Waals surface area contributed by atoms with Gasteiger partial charge in [-0.1, -0.05) is 23.7 Å². The van der Waals surface area contributed by atoms with Gasteiger partial charge < -0.3 is 31.1 Å². The van der Waals surface area contributed by atoms with Gasteiger partial charge in [-0.15, -0.1) is 0 Å². The van der Waals surface area contributed by atoms with Crippen LogP contribution >= 0.6 is 11.6 Å². The predicted octanol–water partition coefficient (Wildman–Crippen LogP) is 4.88. The number of anilines is 4. The number of carbonyl (C=O) groups excluding carboxylic acids is 3. The number of ketones is 1. The van der Waals surface area contributed by atoms with Crippen LogP contribution in [-0.2, 0) is 19.9 Å². The molecule has 4 aromatic rings. The van der Waals surface area contributed by atoms with Crippen LogP contribution in [0.15, 0.2) is 73.1 Å². The smallest absolute Gasteiger partial charge is 0.422 e. The lowest BCUT2D eigenvalue weighted by Crippen LogP contribution is -2.41. The number of aromatic nitrogens is 4. The van der Waals surface area contributed by atoms with Gasteiger partial charge in [0.1, 0.15) is 6.04 Å². The first-order valence-corrected chi connectivity index (χ1v) is 15.3. The van der Waals surface area contributed by atoms with Gasteiger partial charge in [0.25, 0.3) is 11.8 Å². The number of carbonyl (C=O) groups is 4. The molecule has 0 spiro atoms. The Morgan fingerprint density at radius 2 is 1.64 bits per heavy atom. The first kappa shape index (κ1) is 35.5. The van der Waals surface area contributed by atoms with Crippen molar-refractivity contribution in [1.29, 1.82) is 0 Å². The zero-order chi connectivity index (χ0) is 35.9. The molecule has 14 nitrogen and oxygen atoms in total. The van der Waals surface area contributed by atoms with Crippen LogP contribution in [-0.4, -0.2) is 67.4 Å².